The van der Waals surface area contributed by atoms with Crippen LogP contribution in [-0.2, 0) is 62.3 Å². The fourth-order valence-electron chi connectivity index (χ4n) is 12.3. The second kappa shape index (κ2) is 49.9. The number of carbonyl (C=O) groups excluding carboxylic acids is 13. The van der Waals surface area contributed by atoms with Gasteiger partial charge in [0.25, 0.3) is 0 Å². The van der Waals surface area contributed by atoms with Crippen molar-refractivity contribution in [3.05, 3.63) is 0 Å². The lowest BCUT2D eigenvalue weighted by Crippen LogP contribution is -2.60. The molecule has 1 fully saturated rings. The number of likely N-dealkylation sites (tertiary alicyclic amines) is 1. The molecule has 0 saturated carbocycles. The Morgan fingerprint density at radius 3 is 1.44 bits per heavy atom. The van der Waals surface area contributed by atoms with Crippen LogP contribution in [-0.4, -0.2) is 161 Å². The third-order valence-electron chi connectivity index (χ3n) is 18.9. The molecule has 1 rings (SSSR count). The number of nitrogens with one attached hydrogen (secondary N) is 7. The first kappa shape index (κ1) is 91.5. The van der Waals surface area contributed by atoms with E-state index in [9.17, 15) is 62.3 Å². The summed E-state index contributed by atoms with van der Waals surface area (Å²) in [6.07, 6.45) is 16.0. The first-order valence-corrected chi connectivity index (χ1v) is 37.5. The van der Waals surface area contributed by atoms with E-state index < -0.39 is 161 Å². The Hall–Kier alpha value is -7.55. The minimum atomic E-state index is -1.38. The lowest BCUT2D eigenvalue weighted by Gasteiger charge is -2.32. The first-order valence-electron chi connectivity index (χ1n) is 37.5. The van der Waals surface area contributed by atoms with Crippen molar-refractivity contribution in [2.45, 2.75) is 312 Å². The molecule has 0 aromatic heterocycles. The van der Waals surface area contributed by atoms with Gasteiger partial charge in [0, 0.05) is 70.0 Å². The monoisotopic (exact) mass is 1430 g/mol. The van der Waals surface area contributed by atoms with Crippen molar-refractivity contribution in [3.63, 3.8) is 0 Å². The molecule has 0 aliphatic carbocycles. The van der Waals surface area contributed by atoms with Gasteiger partial charge >= 0.3 is 0 Å². The summed E-state index contributed by atoms with van der Waals surface area (Å²) in [5.41, 5.74) is 27.7. The Kier molecular flexibility index (Phi) is 45.2. The largest absolute Gasteiger partial charge is 0.370 e. The summed E-state index contributed by atoms with van der Waals surface area (Å²) in [6, 6.07) is -8.77. The van der Waals surface area contributed by atoms with E-state index in [4.69, 9.17) is 28.7 Å². The predicted octanol–water partition coefficient (Wildman–Crippen LogP) is 5.00. The Balaban J connectivity index is 3.22. The minimum Gasteiger partial charge on any atom is -0.370 e. The maximum Gasteiger partial charge on any atom is 0.245 e. The van der Waals surface area contributed by atoms with Gasteiger partial charge in [-0.3, -0.25) is 72.3 Å². The van der Waals surface area contributed by atoms with Gasteiger partial charge in [0.15, 0.2) is 35.1 Å². The molecular formula is C73H131N15O13. The molecule has 1 aliphatic heterocycles. The Morgan fingerprint density at radius 1 is 0.455 bits per heavy atom. The zero-order valence-electron chi connectivity index (χ0n) is 63.4. The molecule has 101 heavy (non-hydrogen) atoms. The fraction of sp³-hybridized carbons (Fsp3) is 0.795. The third-order valence-corrected chi connectivity index (χ3v) is 18.9. The van der Waals surface area contributed by atoms with E-state index >= 15 is 0 Å². The van der Waals surface area contributed by atoms with E-state index in [2.05, 4.69) is 54.1 Å². The van der Waals surface area contributed by atoms with Gasteiger partial charge < -0.3 is 70.8 Å². The molecule has 1 saturated heterocycles. The number of amides is 9. The zero-order chi connectivity index (χ0) is 76.5. The van der Waals surface area contributed by atoms with Crippen molar-refractivity contribution in [1.82, 2.24) is 42.1 Å². The number of Topliss-reactive ketones (excluding diaryl/α,β-unsaturated/α-hetero) is 4. The van der Waals surface area contributed by atoms with Crippen molar-refractivity contribution < 1.29 is 62.3 Å². The Bertz CT molecular complexity index is 2720. The van der Waals surface area contributed by atoms with Crippen LogP contribution in [0.4, 0.5) is 0 Å². The molecule has 12 atom stereocenters. The number of nitrogens with two attached hydrogens (primary N) is 5. The van der Waals surface area contributed by atoms with Crippen LogP contribution >= 0.6 is 0 Å². The van der Waals surface area contributed by atoms with E-state index in [-0.39, 0.29) is 101 Å². The fourth-order valence-corrected chi connectivity index (χ4v) is 12.3. The van der Waals surface area contributed by atoms with Gasteiger partial charge in [0.2, 0.25) is 53.2 Å². The number of rotatable bonds is 55. The summed E-state index contributed by atoms with van der Waals surface area (Å²) in [4.78, 5) is 188. The number of hydrogen-bond donors (Lipinski definition) is 12. The number of carbonyl (C=O) groups is 13. The van der Waals surface area contributed by atoms with E-state index in [0.29, 0.717) is 32.1 Å². The highest BCUT2D eigenvalue weighted by atomic mass is 16.2. The molecule has 0 bridgehead atoms. The summed E-state index contributed by atoms with van der Waals surface area (Å²) in [5, 5.41) is 19.2. The second-order valence-corrected chi connectivity index (χ2v) is 28.9. The van der Waals surface area contributed by atoms with Gasteiger partial charge in [-0.05, 0) is 95.8 Å². The van der Waals surface area contributed by atoms with Crippen LogP contribution in [0, 0.1) is 41.4 Å². The van der Waals surface area contributed by atoms with Crippen LogP contribution in [0.1, 0.15) is 263 Å². The van der Waals surface area contributed by atoms with Crippen LogP contribution in [0.3, 0.4) is 0 Å². The summed E-state index contributed by atoms with van der Waals surface area (Å²) in [7, 11) is 0. The van der Waals surface area contributed by atoms with Crippen LogP contribution < -0.4 is 65.9 Å². The predicted molar refractivity (Wildman–Crippen MR) is 392 cm³/mol. The zero-order valence-corrected chi connectivity index (χ0v) is 63.4. The molecule has 0 aromatic carbocycles. The Morgan fingerprint density at radius 2 is 0.941 bits per heavy atom. The molecule has 9 amide bonds. The molecule has 0 aromatic rings. The highest BCUT2D eigenvalue weighted by Gasteiger charge is 2.42. The summed E-state index contributed by atoms with van der Waals surface area (Å²) in [6.45, 7) is 22.9. The van der Waals surface area contributed by atoms with Gasteiger partial charge in [-0.25, -0.2) is 0 Å². The van der Waals surface area contributed by atoms with E-state index in [1.807, 2.05) is 20.8 Å². The van der Waals surface area contributed by atoms with Gasteiger partial charge in [-0.15, -0.1) is 0 Å². The molecule has 1 aliphatic rings. The number of ketones is 4. The summed E-state index contributed by atoms with van der Waals surface area (Å²) < 4.78 is 0. The maximum atomic E-state index is 14.8. The Labute approximate surface area is 601 Å². The first-order chi connectivity index (χ1) is 47.6. The van der Waals surface area contributed by atoms with Gasteiger partial charge in [0.05, 0.1) is 30.1 Å². The number of primary amides is 1. The molecule has 28 nitrogen and oxygen atoms in total. The average Bonchev–Trinajstić information content (AvgIpc) is 1.76. The van der Waals surface area contributed by atoms with Crippen LogP contribution in [0.15, 0.2) is 9.98 Å². The minimum absolute atomic E-state index is 0.0153. The summed E-state index contributed by atoms with van der Waals surface area (Å²) >= 11 is 0. The number of guanidine groups is 2. The quantitative estimate of drug-likeness (QED) is 0.0216. The molecule has 1 heterocycles. The molecule has 576 valence electrons. The maximum absolute atomic E-state index is 14.8. The van der Waals surface area contributed by atoms with Crippen LogP contribution in [0.2, 0.25) is 0 Å². The lowest BCUT2D eigenvalue weighted by atomic mass is 9.87. The molecule has 0 radical (unpaired) electrons. The van der Waals surface area contributed by atoms with E-state index in [1.165, 1.54) is 76.5 Å². The molecule has 0 spiro atoms. The topological polar surface area (TPSA) is 464 Å². The number of aliphatic imine (C=N–C) groups is 2. The van der Waals surface area contributed by atoms with Crippen LogP contribution in [0.5, 0.6) is 0 Å². The van der Waals surface area contributed by atoms with Crippen molar-refractivity contribution in [2.75, 3.05) is 19.6 Å². The second-order valence-electron chi connectivity index (χ2n) is 28.9. The van der Waals surface area contributed by atoms with Crippen molar-refractivity contribution in [2.24, 2.45) is 80.1 Å². The summed E-state index contributed by atoms with van der Waals surface area (Å²) in [5.74, 6) is -12.7. The lowest BCUT2D eigenvalue weighted by molar-refractivity contribution is -0.142. The third kappa shape index (κ3) is 36.8. The van der Waals surface area contributed by atoms with E-state index in [1.54, 1.807) is 48.5 Å². The van der Waals surface area contributed by atoms with Crippen molar-refractivity contribution >= 4 is 88.2 Å². The average molecular weight is 1430 g/mol. The smallest absolute Gasteiger partial charge is 0.245 e. The SMILES string of the molecule is CCCCCCCCCCCCCCCC(=O)N[C@@H](C)C(=O)N[C@H](C(=O)N[C@H](C(=O)N[C@@H](CCCN=C(N)N)C(=O)N1CCC[C@H]1C(=O)C[C@H](C(=O)N[C@@H](C)C(=O)C[C@@H](CC(N)=O)C(=O)N[C@@H](C)C(=O)C[C@@H](CCCN=C(N)N)C(=O)N[C@@H](CC(C)C)C(=O)CC)C(C)C)C(C)C)[C@@H](C)CC. The number of unbranched alkanes of at least 4 members (excludes halogenated alkanes) is 12. The normalized spacial score (nSPS) is 16.2. The highest BCUT2D eigenvalue weighted by Crippen LogP contribution is 2.27. The number of hydrogen-bond acceptors (Lipinski definition) is 15. The molecule has 17 N–H and O–H groups in total. The standard InChI is InChI=1S/C73H131N15O13/c1-14-17-18-19-20-21-22-23-24-25-26-27-28-35-62(94)81-50(13)65(95)87-64(47(10)15-2)70(100)86-63(46(8)9)69(99)84-54(33-30-37-80-73(77)78)71(101)88-38-31-34-56(88)60(92)43-53(45(6)7)68(98)83-49(12)59(91)41-52(42-61(74)93)67(97)82-48(11)58(90)40-51(32-29-36-79-72(75)76)66(96)85-55(39-44(4)5)57(89)16-3/h44-56,63-64H,14-43H2,1-13H3,(H2,74,93)(H,81,94)(H,82,97)(H,83,98)(H,84,99)(H,85,96)(H,86,100)(H,87,95)(H4,75,76,79)(H4,77,78,80)/t47-,48-,49-,50-,51+,52-,53-,54-,55-,56-,63-,64-/m0/s1. The molecular weight excluding hydrogens is 1290 g/mol. The molecule has 0 unspecified atom stereocenters. The van der Waals surface area contributed by atoms with Crippen LogP contribution in [0.25, 0.3) is 0 Å². The molecule has 28 heteroatoms. The van der Waals surface area contributed by atoms with Gasteiger partial charge in [-0.1, -0.05) is 153 Å². The van der Waals surface area contributed by atoms with E-state index in [0.717, 1.165) is 19.3 Å². The van der Waals surface area contributed by atoms with Gasteiger partial charge in [-0.2, -0.15) is 0 Å². The highest BCUT2D eigenvalue weighted by molar-refractivity contribution is 6.00. The van der Waals surface area contributed by atoms with Crippen molar-refractivity contribution in [1.29, 1.82) is 0 Å². The van der Waals surface area contributed by atoms with Gasteiger partial charge in [0.1, 0.15) is 24.2 Å². The number of nitrogens with zero attached hydrogens (tertiary/aromatic N) is 3. The van der Waals surface area contributed by atoms with Crippen molar-refractivity contribution in [3.8, 4) is 0 Å².